The molecule has 0 saturated carbocycles. The molecule has 1 amide bonds. The molecule has 1 N–H and O–H groups in total. The Kier molecular flexibility index (Phi) is 8.05. The molecule has 9 heteroatoms. The van der Waals surface area contributed by atoms with Crippen molar-refractivity contribution in [3.05, 3.63) is 53.8 Å². The number of hydrogen-bond donors (Lipinski definition) is 1. The second-order valence-electron chi connectivity index (χ2n) is 7.61. The first-order chi connectivity index (χ1) is 15.4. The fourth-order valence-corrected chi connectivity index (χ4v) is 3.63. The van der Waals surface area contributed by atoms with Crippen molar-refractivity contribution >= 4 is 29.1 Å². The highest BCUT2D eigenvalue weighted by atomic mass is 35.5. The number of nitrogens with zero attached hydrogens (tertiary/aromatic N) is 3. The number of halogens is 1. The van der Waals surface area contributed by atoms with Crippen LogP contribution in [0.2, 0.25) is 5.02 Å². The van der Waals surface area contributed by atoms with Crippen LogP contribution in [0.5, 0.6) is 11.6 Å². The topological polar surface area (TPSA) is 93.7 Å². The Morgan fingerprint density at radius 2 is 2.09 bits per heavy atom. The van der Waals surface area contributed by atoms with Gasteiger partial charge in [0.05, 0.1) is 12.5 Å². The third-order valence-electron chi connectivity index (χ3n) is 5.09. The molecule has 3 rings (SSSR count). The van der Waals surface area contributed by atoms with E-state index in [0.29, 0.717) is 25.5 Å². The maximum Gasteiger partial charge on any atom is 0.238 e. The largest absolute Gasteiger partial charge is 0.489 e. The molecule has 1 aliphatic heterocycles. The van der Waals surface area contributed by atoms with Gasteiger partial charge in [0.25, 0.3) is 0 Å². The molecule has 2 atom stereocenters. The Balaban J connectivity index is 1.58. The van der Waals surface area contributed by atoms with Gasteiger partial charge in [-0.2, -0.15) is 0 Å². The number of nitrogens with one attached hydrogen (secondary N) is 1. The first-order valence-electron chi connectivity index (χ1n) is 10.4. The second kappa shape index (κ2) is 10.9. The van der Waals surface area contributed by atoms with E-state index in [1.165, 1.54) is 13.3 Å². The normalized spacial score (nSPS) is 16.3. The van der Waals surface area contributed by atoms with Crippen molar-refractivity contribution < 1.29 is 19.1 Å². The van der Waals surface area contributed by atoms with Crippen LogP contribution in [-0.4, -0.2) is 54.0 Å². The fraction of sp³-hybridized carbons (Fsp3) is 0.391. The van der Waals surface area contributed by atoms with Gasteiger partial charge >= 0.3 is 0 Å². The number of ketones is 1. The molecule has 1 fully saturated rings. The molecule has 0 aliphatic carbocycles. The van der Waals surface area contributed by atoms with Crippen molar-refractivity contribution in [3.8, 4) is 11.6 Å². The average Bonchev–Trinajstić information content (AvgIpc) is 3.24. The fourth-order valence-electron chi connectivity index (χ4n) is 3.36. The Bertz CT molecular complexity index is 967. The highest BCUT2D eigenvalue weighted by Gasteiger charge is 2.28. The quantitative estimate of drug-likeness (QED) is 0.546. The van der Waals surface area contributed by atoms with Gasteiger partial charge < -0.3 is 19.7 Å². The number of aromatic nitrogens is 2. The molecule has 2 heterocycles. The van der Waals surface area contributed by atoms with Gasteiger partial charge in [-0.25, -0.2) is 9.97 Å². The van der Waals surface area contributed by atoms with E-state index in [1.807, 2.05) is 36.1 Å². The number of benzene rings is 1. The number of amides is 1. The minimum Gasteiger partial charge on any atom is -0.489 e. The van der Waals surface area contributed by atoms with Crippen molar-refractivity contribution in [1.29, 1.82) is 0 Å². The van der Waals surface area contributed by atoms with Crippen molar-refractivity contribution in [3.63, 3.8) is 0 Å². The first-order valence-corrected chi connectivity index (χ1v) is 10.8. The predicted molar refractivity (Wildman–Crippen MR) is 123 cm³/mol. The van der Waals surface area contributed by atoms with Crippen molar-refractivity contribution in [2.75, 3.05) is 31.1 Å². The van der Waals surface area contributed by atoms with Crippen LogP contribution in [0.1, 0.15) is 31.7 Å². The maximum absolute atomic E-state index is 12.1. The van der Waals surface area contributed by atoms with Gasteiger partial charge in [0.15, 0.2) is 11.6 Å². The summed E-state index contributed by atoms with van der Waals surface area (Å²) in [5, 5.41) is 3.09. The standard InChI is InChI=1S/C23H27ClN4O4/c1-4-10-25-22(30)16(3)17-5-7-18(8-6-17)32-19-9-11-28(12-19)21-20(24)23(27-14-26-21)31-13-15(2)29/h4-8,14,16,19H,1,9-13H2,2-3H3,(H,25,30). The van der Waals surface area contributed by atoms with E-state index in [4.69, 9.17) is 21.1 Å². The van der Waals surface area contributed by atoms with Gasteiger partial charge in [-0.1, -0.05) is 29.8 Å². The van der Waals surface area contributed by atoms with E-state index in [1.54, 1.807) is 6.08 Å². The zero-order valence-corrected chi connectivity index (χ0v) is 19.0. The van der Waals surface area contributed by atoms with Gasteiger partial charge in [0.2, 0.25) is 11.8 Å². The minimum atomic E-state index is -0.259. The molecule has 1 aromatic carbocycles. The third-order valence-corrected chi connectivity index (χ3v) is 5.42. The van der Waals surface area contributed by atoms with E-state index in [0.717, 1.165) is 17.7 Å². The summed E-state index contributed by atoms with van der Waals surface area (Å²) in [4.78, 5) is 33.6. The molecule has 170 valence electrons. The predicted octanol–water partition coefficient (Wildman–Crippen LogP) is 3.16. The van der Waals surface area contributed by atoms with Gasteiger partial charge in [-0.3, -0.25) is 9.59 Å². The van der Waals surface area contributed by atoms with Crippen LogP contribution in [0.4, 0.5) is 5.82 Å². The second-order valence-corrected chi connectivity index (χ2v) is 7.98. The number of carbonyl (C=O) groups excluding carboxylic acids is 2. The van der Waals surface area contributed by atoms with Crippen molar-refractivity contribution in [1.82, 2.24) is 15.3 Å². The van der Waals surface area contributed by atoms with E-state index >= 15 is 0 Å². The van der Waals surface area contributed by atoms with Crippen LogP contribution < -0.4 is 19.7 Å². The molecule has 2 unspecified atom stereocenters. The van der Waals surface area contributed by atoms with Crippen LogP contribution in [0, 0.1) is 0 Å². The Morgan fingerprint density at radius 1 is 1.34 bits per heavy atom. The number of carbonyl (C=O) groups is 2. The number of rotatable bonds is 10. The maximum atomic E-state index is 12.1. The van der Waals surface area contributed by atoms with E-state index < -0.39 is 0 Å². The number of ether oxygens (including phenoxy) is 2. The lowest BCUT2D eigenvalue weighted by Crippen LogP contribution is -2.28. The zero-order chi connectivity index (χ0) is 23.1. The summed E-state index contributed by atoms with van der Waals surface area (Å²) in [6.07, 6.45) is 3.78. The Morgan fingerprint density at radius 3 is 2.78 bits per heavy atom. The lowest BCUT2D eigenvalue weighted by atomic mass is 10.0. The molecule has 0 spiro atoms. The molecule has 32 heavy (non-hydrogen) atoms. The van der Waals surface area contributed by atoms with Crippen LogP contribution >= 0.6 is 11.6 Å². The molecular weight excluding hydrogens is 432 g/mol. The van der Waals surface area contributed by atoms with Crippen LogP contribution in [0.25, 0.3) is 0 Å². The SMILES string of the molecule is C=CCNC(=O)C(C)c1ccc(OC2CCN(c3ncnc(OCC(C)=O)c3Cl)C2)cc1. The minimum absolute atomic E-state index is 0.0400. The summed E-state index contributed by atoms with van der Waals surface area (Å²) in [5.41, 5.74) is 0.915. The summed E-state index contributed by atoms with van der Waals surface area (Å²) >= 11 is 6.40. The Hall–Kier alpha value is -3.13. The lowest BCUT2D eigenvalue weighted by molar-refractivity contribution is -0.122. The van der Waals surface area contributed by atoms with E-state index in [2.05, 4.69) is 21.9 Å². The van der Waals surface area contributed by atoms with Gasteiger partial charge in [0.1, 0.15) is 29.8 Å². The monoisotopic (exact) mass is 458 g/mol. The highest BCUT2D eigenvalue weighted by Crippen LogP contribution is 2.33. The summed E-state index contributed by atoms with van der Waals surface area (Å²) in [6, 6.07) is 7.56. The summed E-state index contributed by atoms with van der Waals surface area (Å²) in [7, 11) is 0. The summed E-state index contributed by atoms with van der Waals surface area (Å²) in [6.45, 7) is 8.58. The Labute approximate surface area is 192 Å². The summed E-state index contributed by atoms with van der Waals surface area (Å²) in [5.74, 6) is 1.06. The van der Waals surface area contributed by atoms with Crippen LogP contribution in [-0.2, 0) is 9.59 Å². The molecule has 1 saturated heterocycles. The molecule has 8 nitrogen and oxygen atoms in total. The number of hydrogen-bond acceptors (Lipinski definition) is 7. The van der Waals surface area contributed by atoms with Gasteiger partial charge in [-0.05, 0) is 31.5 Å². The number of anilines is 1. The zero-order valence-electron chi connectivity index (χ0n) is 18.2. The van der Waals surface area contributed by atoms with Gasteiger partial charge in [-0.15, -0.1) is 6.58 Å². The smallest absolute Gasteiger partial charge is 0.238 e. The van der Waals surface area contributed by atoms with E-state index in [9.17, 15) is 9.59 Å². The summed E-state index contributed by atoms with van der Waals surface area (Å²) < 4.78 is 11.5. The third kappa shape index (κ3) is 5.97. The molecule has 2 aromatic rings. The van der Waals surface area contributed by atoms with Crippen LogP contribution in [0.3, 0.4) is 0 Å². The molecule has 0 bridgehead atoms. The highest BCUT2D eigenvalue weighted by molar-refractivity contribution is 6.34. The lowest BCUT2D eigenvalue weighted by Gasteiger charge is -2.20. The van der Waals surface area contributed by atoms with Gasteiger partial charge in [0, 0.05) is 19.5 Å². The average molecular weight is 459 g/mol. The molecule has 1 aromatic heterocycles. The van der Waals surface area contributed by atoms with Crippen molar-refractivity contribution in [2.24, 2.45) is 0 Å². The van der Waals surface area contributed by atoms with Crippen LogP contribution in [0.15, 0.2) is 43.2 Å². The number of Topliss-reactive ketones (excluding diaryl/α,β-unsaturated/α-hetero) is 1. The molecular formula is C23H27ClN4O4. The molecule has 1 aliphatic rings. The molecule has 0 radical (unpaired) electrons. The van der Waals surface area contributed by atoms with E-state index in [-0.39, 0.29) is 41.2 Å². The first kappa shape index (κ1) is 23.5. The van der Waals surface area contributed by atoms with Crippen molar-refractivity contribution in [2.45, 2.75) is 32.3 Å².